The summed E-state index contributed by atoms with van der Waals surface area (Å²) in [6.45, 7) is 1.69. The van der Waals surface area contributed by atoms with Crippen LogP contribution in [0.3, 0.4) is 0 Å². The maximum absolute atomic E-state index is 13.8. The van der Waals surface area contributed by atoms with Crippen LogP contribution in [0.1, 0.15) is 41.6 Å². The van der Waals surface area contributed by atoms with E-state index in [0.717, 1.165) is 55.1 Å². The summed E-state index contributed by atoms with van der Waals surface area (Å²) in [6, 6.07) is 11.9. The fourth-order valence-electron chi connectivity index (χ4n) is 4.68. The van der Waals surface area contributed by atoms with E-state index in [2.05, 4.69) is 4.90 Å². The number of halogens is 4. The Hall–Kier alpha value is -2.78. The number of rotatable bonds is 8. The molecule has 2 aromatic carbocycles. The van der Waals surface area contributed by atoms with Crippen LogP contribution in [0.4, 0.5) is 18.9 Å². The van der Waals surface area contributed by atoms with E-state index in [9.17, 15) is 27.9 Å². The predicted octanol–water partition coefficient (Wildman–Crippen LogP) is 4.95. The normalized spacial score (nSPS) is 16.3. The molecule has 0 aromatic heterocycles. The van der Waals surface area contributed by atoms with Crippen LogP contribution in [0.25, 0.3) is 0 Å². The summed E-state index contributed by atoms with van der Waals surface area (Å²) in [5.41, 5.74) is -2.68. The van der Waals surface area contributed by atoms with E-state index in [1.54, 1.807) is 26.2 Å². The molecule has 1 fully saturated rings. The van der Waals surface area contributed by atoms with Crippen LogP contribution in [0.15, 0.2) is 48.5 Å². The molecule has 0 aliphatic carbocycles. The van der Waals surface area contributed by atoms with Gasteiger partial charge >= 0.3 is 6.18 Å². The number of likely N-dealkylation sites (N-methyl/N-ethyl adjacent to an activating group) is 1. The second kappa shape index (κ2) is 11.7. The number of benzene rings is 2. The van der Waals surface area contributed by atoms with Crippen molar-refractivity contribution in [1.29, 1.82) is 0 Å². The second-order valence-electron chi connectivity index (χ2n) is 9.74. The first kappa shape index (κ1) is 28.8. The lowest BCUT2D eigenvalue weighted by molar-refractivity contribution is -0.261. The maximum Gasteiger partial charge on any atom is 0.430 e. The van der Waals surface area contributed by atoms with Gasteiger partial charge in [0, 0.05) is 52.0 Å². The molecule has 3 rings (SSSR count). The molecule has 1 unspecified atom stereocenters. The first-order chi connectivity index (χ1) is 17.4. The van der Waals surface area contributed by atoms with E-state index in [-0.39, 0.29) is 12.5 Å². The lowest BCUT2D eigenvalue weighted by Gasteiger charge is -2.35. The summed E-state index contributed by atoms with van der Waals surface area (Å²) in [5.74, 6) is -1.16. The number of carbonyl (C=O) groups is 2. The molecule has 2 aromatic rings. The molecular weight excluding hydrogens is 507 g/mol. The zero-order valence-corrected chi connectivity index (χ0v) is 22.0. The molecule has 202 valence electrons. The van der Waals surface area contributed by atoms with Crippen molar-refractivity contribution in [2.75, 3.05) is 45.7 Å². The molecular formula is C27H33ClF3N3O3. The molecule has 1 saturated heterocycles. The molecule has 1 atom stereocenters. The molecule has 6 nitrogen and oxygen atoms in total. The standard InChI is InChI=1S/C27H33ClF3N3O3/c1-32(2)24(35)22-12-11-21(18-23(22)28)34-16-13-19(14-17-34)8-7-15-33(3)25(36)26(37,27(29,30)31)20-9-5-4-6-10-20/h4-6,9-12,18-19,37H,7-8,13-17H2,1-3H3. The summed E-state index contributed by atoms with van der Waals surface area (Å²) in [5, 5.41) is 10.9. The van der Waals surface area contributed by atoms with Gasteiger partial charge in [-0.3, -0.25) is 9.59 Å². The minimum atomic E-state index is -5.15. The Bertz CT molecular complexity index is 1090. The summed E-state index contributed by atoms with van der Waals surface area (Å²) in [7, 11) is 4.63. The van der Waals surface area contributed by atoms with Gasteiger partial charge in [-0.05, 0) is 49.8 Å². The Morgan fingerprint density at radius 1 is 1.05 bits per heavy atom. The van der Waals surface area contributed by atoms with E-state index in [1.807, 2.05) is 6.07 Å². The zero-order valence-electron chi connectivity index (χ0n) is 21.3. The van der Waals surface area contributed by atoms with Crippen molar-refractivity contribution in [3.05, 3.63) is 64.7 Å². The first-order valence-electron chi connectivity index (χ1n) is 12.2. The minimum Gasteiger partial charge on any atom is -0.371 e. The second-order valence-corrected chi connectivity index (χ2v) is 10.1. The van der Waals surface area contributed by atoms with E-state index in [0.29, 0.717) is 22.9 Å². The number of hydrogen-bond donors (Lipinski definition) is 1. The zero-order chi connectivity index (χ0) is 27.4. The molecule has 37 heavy (non-hydrogen) atoms. The van der Waals surface area contributed by atoms with Crippen molar-refractivity contribution < 1.29 is 27.9 Å². The Morgan fingerprint density at radius 3 is 2.22 bits per heavy atom. The van der Waals surface area contributed by atoms with Crippen molar-refractivity contribution in [1.82, 2.24) is 9.80 Å². The Balaban J connectivity index is 1.52. The number of amides is 2. The van der Waals surface area contributed by atoms with Gasteiger partial charge in [-0.25, -0.2) is 0 Å². The van der Waals surface area contributed by atoms with Crippen LogP contribution in [0, 0.1) is 5.92 Å². The van der Waals surface area contributed by atoms with Gasteiger partial charge in [-0.15, -0.1) is 0 Å². The van der Waals surface area contributed by atoms with Crippen molar-refractivity contribution in [3.8, 4) is 0 Å². The van der Waals surface area contributed by atoms with Gasteiger partial charge < -0.3 is 19.8 Å². The van der Waals surface area contributed by atoms with E-state index >= 15 is 0 Å². The van der Waals surface area contributed by atoms with Crippen LogP contribution >= 0.6 is 11.6 Å². The third-order valence-electron chi connectivity index (χ3n) is 6.93. The highest BCUT2D eigenvalue weighted by Gasteiger charge is 2.61. The summed E-state index contributed by atoms with van der Waals surface area (Å²) < 4.78 is 41.3. The minimum absolute atomic E-state index is 0.112. The van der Waals surface area contributed by atoms with Crippen molar-refractivity contribution in [3.63, 3.8) is 0 Å². The quantitative estimate of drug-likeness (QED) is 0.516. The average molecular weight is 540 g/mol. The monoisotopic (exact) mass is 539 g/mol. The van der Waals surface area contributed by atoms with Gasteiger partial charge in [-0.2, -0.15) is 13.2 Å². The van der Waals surface area contributed by atoms with Crippen molar-refractivity contribution in [2.24, 2.45) is 5.92 Å². The summed E-state index contributed by atoms with van der Waals surface area (Å²) in [4.78, 5) is 29.6. The number of hydrogen-bond acceptors (Lipinski definition) is 4. The van der Waals surface area contributed by atoms with Gasteiger partial charge in [0.25, 0.3) is 17.4 Å². The van der Waals surface area contributed by atoms with Crippen LogP contribution in [0.5, 0.6) is 0 Å². The van der Waals surface area contributed by atoms with Crippen LogP contribution in [0.2, 0.25) is 5.02 Å². The number of piperidine rings is 1. The van der Waals surface area contributed by atoms with Gasteiger partial charge in [-0.1, -0.05) is 41.9 Å². The van der Waals surface area contributed by atoms with Gasteiger partial charge in [0.05, 0.1) is 10.6 Å². The van der Waals surface area contributed by atoms with Crippen molar-refractivity contribution in [2.45, 2.75) is 37.5 Å². The van der Waals surface area contributed by atoms with Crippen molar-refractivity contribution >= 4 is 29.1 Å². The molecule has 10 heteroatoms. The number of anilines is 1. The maximum atomic E-state index is 13.8. The highest BCUT2D eigenvalue weighted by Crippen LogP contribution is 2.40. The first-order valence-corrected chi connectivity index (χ1v) is 12.6. The Labute approximate surface area is 220 Å². The van der Waals surface area contributed by atoms with E-state index in [1.165, 1.54) is 30.1 Å². The average Bonchev–Trinajstić information content (AvgIpc) is 2.87. The lowest BCUT2D eigenvalue weighted by Crippen LogP contribution is -2.55. The fourth-order valence-corrected chi connectivity index (χ4v) is 4.93. The Kier molecular flexibility index (Phi) is 9.13. The van der Waals surface area contributed by atoms with E-state index < -0.39 is 23.2 Å². The van der Waals surface area contributed by atoms with Crippen LogP contribution in [-0.4, -0.2) is 73.7 Å². The van der Waals surface area contributed by atoms with Crippen LogP contribution < -0.4 is 4.90 Å². The number of aliphatic hydroxyl groups is 1. The summed E-state index contributed by atoms with van der Waals surface area (Å²) in [6.07, 6.45) is -2.07. The third-order valence-corrected chi connectivity index (χ3v) is 7.25. The van der Waals surface area contributed by atoms with Gasteiger partial charge in [0.15, 0.2) is 0 Å². The smallest absolute Gasteiger partial charge is 0.371 e. The highest BCUT2D eigenvalue weighted by molar-refractivity contribution is 6.34. The number of carbonyl (C=O) groups excluding carboxylic acids is 2. The molecule has 0 radical (unpaired) electrons. The highest BCUT2D eigenvalue weighted by atomic mass is 35.5. The SMILES string of the molecule is CN(C)C(=O)c1ccc(N2CCC(CCCN(C)C(=O)C(O)(c3ccccc3)C(F)(F)F)CC2)cc1Cl. The number of alkyl halides is 3. The predicted molar refractivity (Wildman–Crippen MR) is 138 cm³/mol. The molecule has 1 heterocycles. The largest absolute Gasteiger partial charge is 0.430 e. The molecule has 1 aliphatic rings. The molecule has 0 bridgehead atoms. The van der Waals surface area contributed by atoms with Gasteiger partial charge in [0.1, 0.15) is 0 Å². The molecule has 1 N–H and O–H groups in total. The van der Waals surface area contributed by atoms with Crippen LogP contribution in [-0.2, 0) is 10.4 Å². The molecule has 0 spiro atoms. The van der Waals surface area contributed by atoms with E-state index in [4.69, 9.17) is 11.6 Å². The Morgan fingerprint density at radius 2 is 1.68 bits per heavy atom. The summed E-state index contributed by atoms with van der Waals surface area (Å²) >= 11 is 6.34. The lowest BCUT2D eigenvalue weighted by atomic mass is 9.90. The fraction of sp³-hybridized carbons (Fsp3) is 0.481. The number of nitrogens with zero attached hydrogens (tertiary/aromatic N) is 3. The third kappa shape index (κ3) is 6.38. The molecule has 2 amide bonds. The van der Waals surface area contributed by atoms with Gasteiger partial charge in [0.2, 0.25) is 0 Å². The molecule has 1 aliphatic heterocycles. The molecule has 0 saturated carbocycles. The topological polar surface area (TPSA) is 64.1 Å².